The average Bonchev–Trinajstić information content (AvgIpc) is 2.76. The van der Waals surface area contributed by atoms with E-state index in [1.54, 1.807) is 0 Å². The number of phenols is 1. The van der Waals surface area contributed by atoms with Gasteiger partial charge in [-0.25, -0.2) is 0 Å². The highest BCUT2D eigenvalue weighted by atomic mass is 19.4. The molecule has 6 nitrogen and oxygen atoms in total. The molecule has 0 atom stereocenters. The van der Waals surface area contributed by atoms with E-state index >= 15 is 0 Å². The molecule has 9 heteroatoms. The summed E-state index contributed by atoms with van der Waals surface area (Å²) in [6.45, 7) is 0. The topological polar surface area (TPSA) is 66.4 Å². The van der Waals surface area contributed by atoms with Crippen LogP contribution in [0.25, 0.3) is 21.9 Å². The van der Waals surface area contributed by atoms with Crippen molar-refractivity contribution in [3.8, 4) is 45.6 Å². The van der Waals surface area contributed by atoms with Crippen molar-refractivity contribution in [2.24, 2.45) is 0 Å². The molecule has 0 aliphatic rings. The molecule has 0 bridgehead atoms. The van der Waals surface area contributed by atoms with Crippen LogP contribution in [0.3, 0.4) is 0 Å². The third-order valence-corrected chi connectivity index (χ3v) is 4.88. The predicted octanol–water partition coefficient (Wildman–Crippen LogP) is 5.27. The van der Waals surface area contributed by atoms with Crippen molar-refractivity contribution >= 4 is 10.8 Å². The van der Waals surface area contributed by atoms with Crippen molar-refractivity contribution in [2.75, 3.05) is 35.5 Å². The normalized spacial score (nSPS) is 11.4. The highest BCUT2D eigenvalue weighted by Crippen LogP contribution is 2.53. The molecule has 0 unspecified atom stereocenters. The number of fused-ring (bicyclic) bond motifs is 1. The Morgan fingerprint density at radius 2 is 1.32 bits per heavy atom. The van der Waals surface area contributed by atoms with Gasteiger partial charge in [-0.15, -0.1) is 0 Å². The minimum atomic E-state index is -4.77. The first-order chi connectivity index (χ1) is 14.7. The van der Waals surface area contributed by atoms with Crippen molar-refractivity contribution in [3.63, 3.8) is 0 Å². The number of halogens is 3. The molecule has 3 rings (SSSR count). The maximum atomic E-state index is 14.1. The summed E-state index contributed by atoms with van der Waals surface area (Å²) in [6, 6.07) is 6.48. The van der Waals surface area contributed by atoms with Gasteiger partial charge in [-0.3, -0.25) is 0 Å². The third-order valence-electron chi connectivity index (χ3n) is 4.88. The number of alkyl halides is 3. The van der Waals surface area contributed by atoms with E-state index in [4.69, 9.17) is 23.7 Å². The van der Waals surface area contributed by atoms with Crippen molar-refractivity contribution in [3.05, 3.63) is 35.9 Å². The maximum Gasteiger partial charge on any atom is 0.417 e. The molecule has 1 N–H and O–H groups in total. The predicted molar refractivity (Wildman–Crippen MR) is 109 cm³/mol. The van der Waals surface area contributed by atoms with E-state index in [1.807, 2.05) is 0 Å². The molecule has 0 spiro atoms. The van der Waals surface area contributed by atoms with Crippen LogP contribution in [0, 0.1) is 0 Å². The van der Waals surface area contributed by atoms with E-state index in [2.05, 4.69) is 0 Å². The van der Waals surface area contributed by atoms with Crippen LogP contribution in [-0.2, 0) is 6.18 Å². The summed E-state index contributed by atoms with van der Waals surface area (Å²) < 4.78 is 68.7. The van der Waals surface area contributed by atoms with Gasteiger partial charge in [-0.05, 0) is 29.8 Å². The molecule has 0 saturated carbocycles. The molecule has 0 saturated heterocycles. The molecular weight excluding hydrogens is 417 g/mol. The fraction of sp³-hybridized carbons (Fsp3) is 0.273. The Hall–Kier alpha value is -3.49. The lowest BCUT2D eigenvalue weighted by Crippen LogP contribution is -2.09. The molecule has 0 fully saturated rings. The highest BCUT2D eigenvalue weighted by Gasteiger charge is 2.37. The molecule has 3 aromatic carbocycles. The Labute approximate surface area is 176 Å². The molecule has 0 aromatic heterocycles. The van der Waals surface area contributed by atoms with E-state index in [9.17, 15) is 18.3 Å². The van der Waals surface area contributed by atoms with Crippen LogP contribution < -0.4 is 23.7 Å². The largest absolute Gasteiger partial charge is 0.507 e. The van der Waals surface area contributed by atoms with Gasteiger partial charge in [-0.1, -0.05) is 6.07 Å². The van der Waals surface area contributed by atoms with E-state index in [0.29, 0.717) is 11.8 Å². The van der Waals surface area contributed by atoms with Crippen molar-refractivity contribution < 1.29 is 42.0 Å². The second-order valence-corrected chi connectivity index (χ2v) is 6.45. The smallest absolute Gasteiger partial charge is 0.417 e. The van der Waals surface area contributed by atoms with Crippen LogP contribution >= 0.6 is 0 Å². The van der Waals surface area contributed by atoms with E-state index in [0.717, 1.165) is 0 Å². The molecule has 0 amide bonds. The molecule has 0 radical (unpaired) electrons. The Morgan fingerprint density at radius 3 is 1.84 bits per heavy atom. The van der Waals surface area contributed by atoms with E-state index in [-0.39, 0.29) is 44.9 Å². The fourth-order valence-electron chi connectivity index (χ4n) is 3.54. The van der Waals surface area contributed by atoms with Gasteiger partial charge < -0.3 is 28.8 Å². The van der Waals surface area contributed by atoms with E-state index < -0.39 is 17.5 Å². The lowest BCUT2D eigenvalue weighted by Gasteiger charge is -2.22. The zero-order chi connectivity index (χ0) is 22.9. The zero-order valence-electron chi connectivity index (χ0n) is 17.5. The molecule has 166 valence electrons. The van der Waals surface area contributed by atoms with Crippen LogP contribution in [0.2, 0.25) is 0 Å². The Bertz CT molecular complexity index is 1120. The van der Waals surface area contributed by atoms with Crippen LogP contribution in [0.1, 0.15) is 5.56 Å². The number of hydrogen-bond donors (Lipinski definition) is 1. The second-order valence-electron chi connectivity index (χ2n) is 6.45. The molecule has 0 heterocycles. The number of rotatable bonds is 6. The van der Waals surface area contributed by atoms with Gasteiger partial charge >= 0.3 is 6.18 Å². The lowest BCUT2D eigenvalue weighted by molar-refractivity contribution is -0.137. The Morgan fingerprint density at radius 1 is 0.710 bits per heavy atom. The van der Waals surface area contributed by atoms with Crippen molar-refractivity contribution in [2.45, 2.75) is 6.18 Å². The number of benzene rings is 3. The van der Waals surface area contributed by atoms with Crippen LogP contribution in [-0.4, -0.2) is 40.7 Å². The second kappa shape index (κ2) is 8.33. The van der Waals surface area contributed by atoms with Crippen LogP contribution in [0.5, 0.6) is 34.5 Å². The first-order valence-electron chi connectivity index (χ1n) is 9.00. The van der Waals surface area contributed by atoms with Gasteiger partial charge in [0.2, 0.25) is 5.75 Å². The van der Waals surface area contributed by atoms with Gasteiger partial charge in [0, 0.05) is 16.3 Å². The summed E-state index contributed by atoms with van der Waals surface area (Å²) >= 11 is 0. The zero-order valence-corrected chi connectivity index (χ0v) is 17.5. The molecule has 31 heavy (non-hydrogen) atoms. The van der Waals surface area contributed by atoms with Crippen molar-refractivity contribution in [1.82, 2.24) is 0 Å². The van der Waals surface area contributed by atoms with Gasteiger partial charge in [0.1, 0.15) is 5.75 Å². The quantitative estimate of drug-likeness (QED) is 0.565. The summed E-state index contributed by atoms with van der Waals surface area (Å²) in [5.74, 6) is 0.301. The standard InChI is InChI=1S/C22H21F3O6/c1-27-15-7-6-11(8-16(15)28-2)18-13(22(23,24)25)10-14(26)12-9-17(29-3)20(30-4)21(31-5)19(12)18/h6-10,26H,1-5H3. The van der Waals surface area contributed by atoms with Gasteiger partial charge in [0.15, 0.2) is 23.0 Å². The highest BCUT2D eigenvalue weighted by molar-refractivity contribution is 6.08. The van der Waals surface area contributed by atoms with Crippen molar-refractivity contribution in [1.29, 1.82) is 0 Å². The Balaban J connectivity index is 2.58. The van der Waals surface area contributed by atoms with Crippen LogP contribution in [0.4, 0.5) is 13.2 Å². The van der Waals surface area contributed by atoms with Gasteiger partial charge in [-0.2, -0.15) is 13.2 Å². The van der Waals surface area contributed by atoms with Crippen LogP contribution in [0.15, 0.2) is 30.3 Å². The summed E-state index contributed by atoms with van der Waals surface area (Å²) in [5, 5.41) is 10.6. The lowest BCUT2D eigenvalue weighted by atomic mass is 9.91. The number of methoxy groups -OCH3 is 5. The average molecular weight is 438 g/mol. The molecule has 0 aliphatic heterocycles. The van der Waals surface area contributed by atoms with E-state index in [1.165, 1.54) is 59.8 Å². The summed E-state index contributed by atoms with van der Waals surface area (Å²) in [7, 11) is 6.83. The number of aromatic hydroxyl groups is 1. The first-order valence-corrected chi connectivity index (χ1v) is 9.00. The molecular formula is C22H21F3O6. The Kier molecular flexibility index (Phi) is 5.97. The third kappa shape index (κ3) is 3.71. The first kappa shape index (κ1) is 22.2. The monoisotopic (exact) mass is 438 g/mol. The molecule has 3 aromatic rings. The maximum absolute atomic E-state index is 14.1. The summed E-state index contributed by atoms with van der Waals surface area (Å²) in [6.07, 6.45) is -4.77. The summed E-state index contributed by atoms with van der Waals surface area (Å²) in [5.41, 5.74) is -1.07. The number of ether oxygens (including phenoxy) is 5. The van der Waals surface area contributed by atoms with Gasteiger partial charge in [0.05, 0.1) is 41.1 Å². The minimum absolute atomic E-state index is 0.0111. The molecule has 0 aliphatic carbocycles. The number of hydrogen-bond acceptors (Lipinski definition) is 6. The number of phenolic OH excluding ortho intramolecular Hbond substituents is 1. The minimum Gasteiger partial charge on any atom is -0.507 e. The van der Waals surface area contributed by atoms with Gasteiger partial charge in [0.25, 0.3) is 0 Å². The summed E-state index contributed by atoms with van der Waals surface area (Å²) in [4.78, 5) is 0. The fourth-order valence-corrected chi connectivity index (χ4v) is 3.54. The SMILES string of the molecule is COc1ccc(-c2c(C(F)(F)F)cc(O)c3cc(OC)c(OC)c(OC)c23)cc1OC.